The molecule has 3 rings (SSSR count). The molecule has 1 aliphatic rings. The van der Waals surface area contributed by atoms with E-state index in [0.717, 1.165) is 16.9 Å². The van der Waals surface area contributed by atoms with Gasteiger partial charge in [0.1, 0.15) is 0 Å². The number of pyridine rings is 1. The van der Waals surface area contributed by atoms with Crippen LogP contribution in [0.15, 0.2) is 42.7 Å². The van der Waals surface area contributed by atoms with Crippen LogP contribution in [0.4, 0.5) is 4.79 Å². The fraction of sp³-hybridized carbons (Fsp3) is 0.250. The quantitative estimate of drug-likeness (QED) is 0.909. The number of ether oxygens (including phenoxy) is 2. The number of nitrogens with one attached hydrogen (secondary N) is 2. The van der Waals surface area contributed by atoms with Gasteiger partial charge in [-0.25, -0.2) is 4.79 Å². The van der Waals surface area contributed by atoms with Gasteiger partial charge >= 0.3 is 6.03 Å². The Balaban J connectivity index is 1.55. The highest BCUT2D eigenvalue weighted by molar-refractivity contribution is 5.74. The number of rotatable bonds is 4. The van der Waals surface area contributed by atoms with Crippen molar-refractivity contribution in [3.63, 3.8) is 0 Å². The van der Waals surface area contributed by atoms with Crippen molar-refractivity contribution in [1.29, 1.82) is 0 Å². The van der Waals surface area contributed by atoms with Crippen LogP contribution in [0.2, 0.25) is 0 Å². The van der Waals surface area contributed by atoms with Crippen LogP contribution in [-0.4, -0.2) is 17.8 Å². The molecule has 0 bridgehead atoms. The molecular formula is C16H17N3O3. The highest BCUT2D eigenvalue weighted by Crippen LogP contribution is 2.34. The van der Waals surface area contributed by atoms with E-state index < -0.39 is 0 Å². The Morgan fingerprint density at radius 1 is 1.23 bits per heavy atom. The monoisotopic (exact) mass is 299 g/mol. The summed E-state index contributed by atoms with van der Waals surface area (Å²) < 4.78 is 10.6. The van der Waals surface area contributed by atoms with Gasteiger partial charge in [0.2, 0.25) is 6.79 Å². The molecule has 1 aliphatic heterocycles. The van der Waals surface area contributed by atoms with Crippen LogP contribution in [0.25, 0.3) is 0 Å². The Labute approximate surface area is 128 Å². The first-order valence-electron chi connectivity index (χ1n) is 7.05. The minimum Gasteiger partial charge on any atom is -0.454 e. The highest BCUT2D eigenvalue weighted by atomic mass is 16.7. The maximum absolute atomic E-state index is 11.9. The third-order valence-corrected chi connectivity index (χ3v) is 3.45. The van der Waals surface area contributed by atoms with Crippen LogP contribution in [0, 0.1) is 0 Å². The van der Waals surface area contributed by atoms with E-state index in [4.69, 9.17) is 9.47 Å². The van der Waals surface area contributed by atoms with Gasteiger partial charge in [-0.05, 0) is 42.3 Å². The molecule has 1 unspecified atom stereocenters. The maximum Gasteiger partial charge on any atom is 0.315 e. The topological polar surface area (TPSA) is 72.5 Å². The van der Waals surface area contributed by atoms with Gasteiger partial charge < -0.3 is 20.1 Å². The van der Waals surface area contributed by atoms with Crippen molar-refractivity contribution < 1.29 is 14.3 Å². The van der Waals surface area contributed by atoms with E-state index in [1.807, 2.05) is 37.3 Å². The molecule has 0 radical (unpaired) electrons. The minimum atomic E-state index is -0.220. The molecule has 22 heavy (non-hydrogen) atoms. The summed E-state index contributed by atoms with van der Waals surface area (Å²) in [6.07, 6.45) is 3.40. The number of hydrogen-bond donors (Lipinski definition) is 2. The third kappa shape index (κ3) is 3.28. The Morgan fingerprint density at radius 2 is 2.00 bits per heavy atom. The van der Waals surface area contributed by atoms with Gasteiger partial charge in [0.15, 0.2) is 11.5 Å². The zero-order chi connectivity index (χ0) is 15.4. The van der Waals surface area contributed by atoms with Crippen LogP contribution >= 0.6 is 0 Å². The lowest BCUT2D eigenvalue weighted by Crippen LogP contribution is -2.36. The lowest BCUT2D eigenvalue weighted by Gasteiger charge is -2.15. The molecule has 0 saturated carbocycles. The number of benzene rings is 1. The molecule has 6 heteroatoms. The van der Waals surface area contributed by atoms with Crippen LogP contribution < -0.4 is 20.1 Å². The lowest BCUT2D eigenvalue weighted by molar-refractivity contribution is 0.174. The van der Waals surface area contributed by atoms with E-state index >= 15 is 0 Å². The molecule has 0 saturated heterocycles. The number of carbonyl (C=O) groups excluding carboxylic acids is 1. The Morgan fingerprint density at radius 3 is 2.82 bits per heavy atom. The average molecular weight is 299 g/mol. The Kier molecular flexibility index (Phi) is 4.09. The number of fused-ring (bicyclic) bond motifs is 1. The third-order valence-electron chi connectivity index (χ3n) is 3.45. The van der Waals surface area contributed by atoms with Crippen molar-refractivity contribution in [2.75, 3.05) is 6.79 Å². The van der Waals surface area contributed by atoms with E-state index in [-0.39, 0.29) is 18.9 Å². The van der Waals surface area contributed by atoms with E-state index in [2.05, 4.69) is 15.6 Å². The number of carbonyl (C=O) groups is 1. The molecule has 0 spiro atoms. The van der Waals surface area contributed by atoms with Crippen LogP contribution in [0.5, 0.6) is 11.5 Å². The van der Waals surface area contributed by atoms with Gasteiger partial charge in [-0.3, -0.25) is 4.98 Å². The summed E-state index contributed by atoms with van der Waals surface area (Å²) in [6, 6.07) is 9.03. The van der Waals surface area contributed by atoms with Crippen molar-refractivity contribution in [1.82, 2.24) is 15.6 Å². The summed E-state index contributed by atoms with van der Waals surface area (Å²) in [5.74, 6) is 1.45. The smallest absolute Gasteiger partial charge is 0.315 e. The lowest BCUT2D eigenvalue weighted by atomic mass is 10.1. The Hall–Kier alpha value is -2.76. The predicted molar refractivity (Wildman–Crippen MR) is 80.6 cm³/mol. The normalized spacial score (nSPS) is 13.5. The number of aromatic nitrogens is 1. The molecule has 2 heterocycles. The van der Waals surface area contributed by atoms with Crippen LogP contribution in [-0.2, 0) is 6.54 Å². The summed E-state index contributed by atoms with van der Waals surface area (Å²) in [6.45, 7) is 2.62. The van der Waals surface area contributed by atoms with E-state index in [1.165, 1.54) is 0 Å². The minimum absolute atomic E-state index is 0.132. The summed E-state index contributed by atoms with van der Waals surface area (Å²) in [7, 11) is 0. The van der Waals surface area contributed by atoms with E-state index in [1.54, 1.807) is 12.4 Å². The van der Waals surface area contributed by atoms with E-state index in [0.29, 0.717) is 12.3 Å². The molecule has 2 N–H and O–H groups in total. The molecule has 6 nitrogen and oxygen atoms in total. The number of nitrogens with zero attached hydrogens (tertiary/aromatic N) is 1. The number of urea groups is 1. The van der Waals surface area contributed by atoms with Gasteiger partial charge in [0, 0.05) is 18.9 Å². The molecule has 1 aromatic heterocycles. The molecule has 0 fully saturated rings. The van der Waals surface area contributed by atoms with Gasteiger partial charge in [-0.2, -0.15) is 0 Å². The van der Waals surface area contributed by atoms with Crippen LogP contribution in [0.1, 0.15) is 24.1 Å². The van der Waals surface area contributed by atoms with E-state index in [9.17, 15) is 4.79 Å². The van der Waals surface area contributed by atoms with Gasteiger partial charge in [0.05, 0.1) is 6.04 Å². The maximum atomic E-state index is 11.9. The Bertz CT molecular complexity index is 661. The SMILES string of the molecule is CC(NC(=O)NCc1ccncc1)c1ccc2c(c1)OCO2. The second kappa shape index (κ2) is 6.34. The first-order chi connectivity index (χ1) is 10.7. The van der Waals surface area contributed by atoms with Crippen molar-refractivity contribution in [2.45, 2.75) is 19.5 Å². The van der Waals surface area contributed by atoms with Gasteiger partial charge in [-0.1, -0.05) is 6.07 Å². The fourth-order valence-electron chi connectivity index (χ4n) is 2.20. The second-order valence-electron chi connectivity index (χ2n) is 5.02. The molecule has 1 atom stereocenters. The van der Waals surface area contributed by atoms with Gasteiger partial charge in [-0.15, -0.1) is 0 Å². The second-order valence-corrected chi connectivity index (χ2v) is 5.02. The van der Waals surface area contributed by atoms with Crippen molar-refractivity contribution in [3.8, 4) is 11.5 Å². The standard InChI is InChI=1S/C16H17N3O3/c1-11(13-2-3-14-15(8-13)22-10-21-14)19-16(20)18-9-12-4-6-17-7-5-12/h2-8,11H,9-10H2,1H3,(H2,18,19,20). The molecule has 2 amide bonds. The van der Waals surface area contributed by atoms with Crippen LogP contribution in [0.3, 0.4) is 0 Å². The molecule has 1 aromatic carbocycles. The summed E-state index contributed by atoms with van der Waals surface area (Å²) >= 11 is 0. The highest BCUT2D eigenvalue weighted by Gasteiger charge is 2.16. The van der Waals surface area contributed by atoms with Gasteiger partial charge in [0.25, 0.3) is 0 Å². The molecule has 114 valence electrons. The zero-order valence-electron chi connectivity index (χ0n) is 12.2. The molecule has 0 aliphatic carbocycles. The largest absolute Gasteiger partial charge is 0.454 e. The van der Waals surface area contributed by atoms with Crippen molar-refractivity contribution in [3.05, 3.63) is 53.9 Å². The summed E-state index contributed by atoms with van der Waals surface area (Å²) in [4.78, 5) is 15.9. The summed E-state index contributed by atoms with van der Waals surface area (Å²) in [5.41, 5.74) is 1.96. The predicted octanol–water partition coefficient (Wildman–Crippen LogP) is 2.37. The first-order valence-corrected chi connectivity index (χ1v) is 7.05. The molecule has 2 aromatic rings. The summed E-state index contributed by atoms with van der Waals surface area (Å²) in [5, 5.41) is 5.71. The number of amides is 2. The van der Waals surface area contributed by atoms with Crippen molar-refractivity contribution in [2.24, 2.45) is 0 Å². The fourth-order valence-corrected chi connectivity index (χ4v) is 2.20. The first kappa shape index (κ1) is 14.2. The van der Waals surface area contributed by atoms with Crippen molar-refractivity contribution >= 4 is 6.03 Å². The average Bonchev–Trinajstić information content (AvgIpc) is 3.01. The number of hydrogen-bond acceptors (Lipinski definition) is 4. The molecular weight excluding hydrogens is 282 g/mol. The zero-order valence-corrected chi connectivity index (χ0v) is 12.2.